The zero-order chi connectivity index (χ0) is 31.3. The van der Waals surface area contributed by atoms with Gasteiger partial charge in [0.05, 0.1) is 0 Å². The third-order valence-electron chi connectivity index (χ3n) is 7.09. The first-order chi connectivity index (χ1) is 19.6. The van der Waals surface area contributed by atoms with Crippen molar-refractivity contribution < 1.29 is 46.4 Å². The highest BCUT2D eigenvalue weighted by molar-refractivity contribution is 6.58. The van der Waals surface area contributed by atoms with E-state index in [2.05, 4.69) is 6.58 Å². The molecule has 41 heavy (non-hydrogen) atoms. The van der Waals surface area contributed by atoms with E-state index < -0.39 is 53.3 Å². The molecule has 0 spiro atoms. The van der Waals surface area contributed by atoms with Crippen molar-refractivity contribution >= 4 is 29.9 Å². The molecule has 0 radical (unpaired) electrons. The van der Waals surface area contributed by atoms with E-state index in [1.54, 1.807) is 56.7 Å². The molecular weight excluding hydrogens is 568 g/mol. The first-order valence-electron chi connectivity index (χ1n) is 15.0. The van der Waals surface area contributed by atoms with Gasteiger partial charge in [-0.2, -0.15) is 0 Å². The Morgan fingerprint density at radius 2 is 1.02 bits per heavy atom. The lowest BCUT2D eigenvalue weighted by Crippen LogP contribution is -2.73. The zero-order valence-corrected chi connectivity index (χ0v) is 28.3. The molecule has 0 amide bonds. The molecule has 1 fully saturated rings. The Hall–Kier alpha value is -1.21. The summed E-state index contributed by atoms with van der Waals surface area (Å²) in [7, 11) is -7.57. The number of allylic oxidation sites excluding steroid dienone is 1. The Balaban J connectivity index is 4.11. The van der Waals surface area contributed by atoms with E-state index in [1.807, 2.05) is 13.8 Å². The number of aliphatic carboxylic acids is 2. The molecule has 14 heteroatoms. The van der Waals surface area contributed by atoms with Crippen LogP contribution < -0.4 is 0 Å². The van der Waals surface area contributed by atoms with Crippen LogP contribution in [0.1, 0.15) is 74.7 Å². The number of carboxylic acid groups (broad SMARTS) is 2. The van der Waals surface area contributed by atoms with Gasteiger partial charge in [-0.15, -0.1) is 6.58 Å². The van der Waals surface area contributed by atoms with E-state index in [4.69, 9.17) is 26.6 Å². The lowest BCUT2D eigenvalue weighted by atomic mass is 9.84. The van der Waals surface area contributed by atoms with Crippen molar-refractivity contribution in [3.63, 3.8) is 0 Å². The number of hydrogen-bond donors (Lipinski definition) is 2. The van der Waals surface area contributed by atoms with Crippen LogP contribution in [0, 0.1) is 11.3 Å². The van der Waals surface area contributed by atoms with Crippen molar-refractivity contribution in [2.75, 3.05) is 52.7 Å². The summed E-state index contributed by atoms with van der Waals surface area (Å²) < 4.78 is 40.4. The molecule has 0 bridgehead atoms. The molecule has 0 saturated heterocycles. The third kappa shape index (κ3) is 8.25. The highest BCUT2D eigenvalue weighted by Gasteiger charge is 2.74. The van der Waals surface area contributed by atoms with Crippen LogP contribution in [0.25, 0.3) is 0 Å². The van der Waals surface area contributed by atoms with Crippen molar-refractivity contribution in [3.8, 4) is 0 Å². The van der Waals surface area contributed by atoms with Gasteiger partial charge in [0.15, 0.2) is 0 Å². The highest BCUT2D eigenvalue weighted by atomic mass is 28.4. The summed E-state index contributed by atoms with van der Waals surface area (Å²) in [5, 5.41) is 21.9. The largest absolute Gasteiger partial charge is 0.600 e. The molecule has 2 N–H and O–H groups in total. The lowest BCUT2D eigenvalue weighted by Gasteiger charge is -2.48. The quantitative estimate of drug-likeness (QED) is 0.114. The minimum Gasteiger partial charge on any atom is -0.480 e. The Bertz CT molecular complexity index is 733. The van der Waals surface area contributed by atoms with Gasteiger partial charge < -0.3 is 36.8 Å². The zero-order valence-electron chi connectivity index (χ0n) is 26.3. The van der Waals surface area contributed by atoms with Crippen molar-refractivity contribution in [3.05, 3.63) is 12.7 Å². The first kappa shape index (κ1) is 37.8. The number of carbonyl (C=O) groups is 2. The molecule has 0 aliphatic heterocycles. The molecule has 0 aromatic rings. The molecule has 1 aliphatic rings. The molecule has 0 aromatic heterocycles. The van der Waals surface area contributed by atoms with Gasteiger partial charge in [-0.1, -0.05) is 19.9 Å². The van der Waals surface area contributed by atoms with E-state index in [0.717, 1.165) is 0 Å². The van der Waals surface area contributed by atoms with E-state index in [9.17, 15) is 19.8 Å². The van der Waals surface area contributed by atoms with Crippen molar-refractivity contribution in [1.29, 1.82) is 0 Å². The maximum atomic E-state index is 13.4. The van der Waals surface area contributed by atoms with Crippen LogP contribution in [-0.2, 0) is 36.1 Å². The maximum absolute atomic E-state index is 13.4. The summed E-state index contributed by atoms with van der Waals surface area (Å²) in [4.78, 5) is 26.9. The topological polar surface area (TPSA) is 136 Å². The summed E-state index contributed by atoms with van der Waals surface area (Å²) in [5.41, 5.74) is -1.34. The van der Waals surface area contributed by atoms with Crippen molar-refractivity contribution in [1.82, 2.24) is 9.13 Å². The Labute approximate surface area is 248 Å². The number of rotatable bonds is 25. The highest BCUT2D eigenvalue weighted by Crippen LogP contribution is 2.62. The molecule has 3 atom stereocenters. The second kappa shape index (κ2) is 17.8. The average molecular weight is 623 g/mol. The lowest BCUT2D eigenvalue weighted by molar-refractivity contribution is -0.156. The first-order valence-corrected chi connectivity index (χ1v) is 18.4. The Morgan fingerprint density at radius 1 is 0.732 bits per heavy atom. The molecule has 12 nitrogen and oxygen atoms in total. The van der Waals surface area contributed by atoms with E-state index >= 15 is 0 Å². The fraction of sp³-hybridized carbons (Fsp3) is 0.852. The fourth-order valence-corrected chi connectivity index (χ4v) is 11.9. The van der Waals surface area contributed by atoms with Crippen LogP contribution in [-0.4, -0.2) is 114 Å². The van der Waals surface area contributed by atoms with Crippen LogP contribution in [0.2, 0.25) is 0 Å². The van der Waals surface area contributed by atoms with Gasteiger partial charge in [-0.25, -0.2) is 9.13 Å². The second-order valence-electron chi connectivity index (χ2n) is 9.67. The summed E-state index contributed by atoms with van der Waals surface area (Å²) >= 11 is 0. The van der Waals surface area contributed by atoms with E-state index in [0.29, 0.717) is 12.8 Å². The molecule has 0 aromatic carbocycles. The van der Waals surface area contributed by atoms with Crippen LogP contribution in [0.5, 0.6) is 0 Å². The third-order valence-corrected chi connectivity index (χ3v) is 13.4. The molecule has 240 valence electrons. The van der Waals surface area contributed by atoms with Crippen LogP contribution >= 0.6 is 0 Å². The molecule has 0 heterocycles. The van der Waals surface area contributed by atoms with Crippen molar-refractivity contribution in [2.45, 2.75) is 86.7 Å². The summed E-state index contributed by atoms with van der Waals surface area (Å²) in [6.07, 6.45) is 3.05. The SMILES string of the molecule is C=CC1CC1(C(C(=O)O)N(CCC)[Si](OCC)(OCC)OCC)C(C(=O)O)N(CCC)[Si](OCC)(OCC)OCC. The molecule has 3 unspecified atom stereocenters. The van der Waals surface area contributed by atoms with Crippen LogP contribution in [0.15, 0.2) is 12.7 Å². The smallest absolute Gasteiger partial charge is 0.480 e. The minimum atomic E-state index is -3.78. The van der Waals surface area contributed by atoms with Gasteiger partial charge in [0.2, 0.25) is 0 Å². The monoisotopic (exact) mass is 622 g/mol. The molecular formula is C27H54N2O10Si2. The molecule has 1 saturated carbocycles. The predicted octanol–water partition coefficient (Wildman–Crippen LogP) is 3.60. The standard InChI is InChI=1S/C27H54N2O10Si2/c1-10-19-28(40(34-13-4,35-14-5)36-15-6)23(25(30)31)27(21-22(27)12-3)24(26(32)33)29(20-11-2)41(37-16-7,38-17-8)39-18-9/h12,22-24H,3,10-11,13-21H2,1-2,4-9H3,(H,30,31)(H,32,33). The van der Waals surface area contributed by atoms with Gasteiger partial charge in [0.1, 0.15) is 12.1 Å². The summed E-state index contributed by atoms with van der Waals surface area (Å²) in [6, 6.07) is -2.67. The average Bonchev–Trinajstić information content (AvgIpc) is 3.62. The Morgan fingerprint density at radius 3 is 1.20 bits per heavy atom. The second-order valence-corrected chi connectivity index (χ2v) is 14.6. The number of carboxylic acids is 2. The number of hydrogen-bond acceptors (Lipinski definition) is 10. The van der Waals surface area contributed by atoms with Crippen LogP contribution in [0.3, 0.4) is 0 Å². The fourth-order valence-electron chi connectivity index (χ4n) is 5.88. The number of nitrogens with zero attached hydrogens (tertiary/aromatic N) is 2. The Kier molecular flexibility index (Phi) is 16.4. The predicted molar refractivity (Wildman–Crippen MR) is 159 cm³/mol. The normalized spacial score (nSPS) is 20.8. The molecule has 1 rings (SSSR count). The van der Waals surface area contributed by atoms with Gasteiger partial charge in [-0.3, -0.25) is 9.59 Å². The van der Waals surface area contributed by atoms with Gasteiger partial charge in [0.25, 0.3) is 0 Å². The maximum Gasteiger partial charge on any atom is 0.600 e. The minimum absolute atomic E-state index is 0.232. The van der Waals surface area contributed by atoms with Gasteiger partial charge in [-0.05, 0) is 79.8 Å². The van der Waals surface area contributed by atoms with Crippen LogP contribution in [0.4, 0.5) is 0 Å². The molecule has 1 aliphatic carbocycles. The van der Waals surface area contributed by atoms with E-state index in [-0.39, 0.29) is 59.2 Å². The summed E-state index contributed by atoms with van der Waals surface area (Å²) in [5.74, 6) is -2.80. The van der Waals surface area contributed by atoms with Gasteiger partial charge in [0, 0.05) is 45.1 Å². The van der Waals surface area contributed by atoms with Gasteiger partial charge >= 0.3 is 29.9 Å². The summed E-state index contributed by atoms with van der Waals surface area (Å²) in [6.45, 7) is 20.5. The van der Waals surface area contributed by atoms with E-state index in [1.165, 1.54) is 0 Å². The van der Waals surface area contributed by atoms with Crippen molar-refractivity contribution in [2.24, 2.45) is 11.3 Å².